The molecule has 0 unspecified atom stereocenters. The Morgan fingerprint density at radius 1 is 1.29 bits per heavy atom. The molecule has 1 aromatic carbocycles. The number of likely N-dealkylation sites (N-methyl/N-ethyl adjacent to an activating group) is 1. The fourth-order valence-corrected chi connectivity index (χ4v) is 1.49. The monoisotopic (exact) mass is 234 g/mol. The van der Waals surface area contributed by atoms with Crippen molar-refractivity contribution in [2.24, 2.45) is 5.73 Å². The Morgan fingerprint density at radius 3 is 2.24 bits per heavy atom. The summed E-state index contributed by atoms with van der Waals surface area (Å²) in [5.74, 6) is 0.0168. The van der Waals surface area contributed by atoms with Gasteiger partial charge in [0, 0.05) is 24.7 Å². The van der Waals surface area contributed by atoms with Crippen LogP contribution in [0.5, 0.6) is 0 Å². The Morgan fingerprint density at radius 2 is 1.82 bits per heavy atom. The van der Waals surface area contributed by atoms with Crippen molar-refractivity contribution in [2.75, 3.05) is 13.6 Å². The smallest absolute Gasteiger partial charge is 0.254 e. The average Bonchev–Trinajstić information content (AvgIpc) is 2.37. The summed E-state index contributed by atoms with van der Waals surface area (Å²) < 4.78 is 0. The minimum atomic E-state index is -0.319. The van der Waals surface area contributed by atoms with Gasteiger partial charge >= 0.3 is 0 Å². The van der Waals surface area contributed by atoms with Gasteiger partial charge in [-0.05, 0) is 38.0 Å². The van der Waals surface area contributed by atoms with Gasteiger partial charge in [0.2, 0.25) is 0 Å². The van der Waals surface area contributed by atoms with Gasteiger partial charge in [0.05, 0.1) is 0 Å². The van der Waals surface area contributed by atoms with E-state index in [4.69, 9.17) is 5.73 Å². The molecule has 0 aliphatic rings. The number of aryl methyl sites for hydroxylation is 1. The van der Waals surface area contributed by atoms with E-state index in [0.717, 1.165) is 6.42 Å². The van der Waals surface area contributed by atoms with Crippen LogP contribution in [0.1, 0.15) is 36.7 Å². The molecule has 2 N–H and O–H groups in total. The molecule has 0 bridgehead atoms. The summed E-state index contributed by atoms with van der Waals surface area (Å²) in [5.41, 5.74) is 7.31. The predicted octanol–water partition coefficient (Wildman–Crippen LogP) is 2.06. The highest BCUT2D eigenvalue weighted by Gasteiger charge is 2.26. The van der Waals surface area contributed by atoms with Crippen LogP contribution in [0.3, 0.4) is 0 Å². The van der Waals surface area contributed by atoms with Crippen LogP contribution < -0.4 is 5.73 Å². The number of hydrogen-bond acceptors (Lipinski definition) is 2. The molecule has 0 aliphatic heterocycles. The molecule has 17 heavy (non-hydrogen) atoms. The maximum atomic E-state index is 12.2. The minimum Gasteiger partial charge on any atom is -0.335 e. The third-order valence-electron chi connectivity index (χ3n) is 3.32. The molecule has 0 saturated carbocycles. The lowest BCUT2D eigenvalue weighted by atomic mass is 10.0. The SMILES string of the molecule is CCc1ccc(C(=O)N(C)C(C)(C)CN)cc1. The Hall–Kier alpha value is -1.35. The Labute approximate surface area is 104 Å². The molecule has 0 saturated heterocycles. The van der Waals surface area contributed by atoms with Gasteiger partial charge in [-0.1, -0.05) is 19.1 Å². The van der Waals surface area contributed by atoms with Crippen molar-refractivity contribution in [1.82, 2.24) is 4.90 Å². The highest BCUT2D eigenvalue weighted by molar-refractivity contribution is 5.94. The average molecular weight is 234 g/mol. The Balaban J connectivity index is 2.89. The predicted molar refractivity (Wildman–Crippen MR) is 71.0 cm³/mol. The first-order valence-corrected chi connectivity index (χ1v) is 5.99. The van der Waals surface area contributed by atoms with Crippen LogP contribution in [0.2, 0.25) is 0 Å². The zero-order valence-corrected chi connectivity index (χ0v) is 11.2. The summed E-state index contributed by atoms with van der Waals surface area (Å²) in [7, 11) is 1.79. The molecule has 3 nitrogen and oxygen atoms in total. The van der Waals surface area contributed by atoms with Crippen molar-refractivity contribution in [3.63, 3.8) is 0 Å². The second kappa shape index (κ2) is 5.32. The number of carbonyl (C=O) groups is 1. The highest BCUT2D eigenvalue weighted by Crippen LogP contribution is 2.15. The zero-order valence-electron chi connectivity index (χ0n) is 11.2. The molecule has 0 radical (unpaired) electrons. The van der Waals surface area contributed by atoms with Gasteiger partial charge in [-0.3, -0.25) is 4.79 Å². The first kappa shape index (κ1) is 13.7. The summed E-state index contributed by atoms with van der Waals surface area (Å²) in [6.45, 7) is 6.47. The van der Waals surface area contributed by atoms with Gasteiger partial charge in [0.25, 0.3) is 5.91 Å². The molecule has 1 aromatic rings. The van der Waals surface area contributed by atoms with Crippen LogP contribution in [0.15, 0.2) is 24.3 Å². The zero-order chi connectivity index (χ0) is 13.1. The highest BCUT2D eigenvalue weighted by atomic mass is 16.2. The van der Waals surface area contributed by atoms with E-state index in [2.05, 4.69) is 6.92 Å². The number of nitrogens with zero attached hydrogens (tertiary/aromatic N) is 1. The molecule has 0 spiro atoms. The molecule has 1 rings (SSSR count). The molecule has 0 aliphatic carbocycles. The van der Waals surface area contributed by atoms with Crippen LogP contribution in [0.25, 0.3) is 0 Å². The van der Waals surface area contributed by atoms with E-state index >= 15 is 0 Å². The molecule has 0 heterocycles. The molecule has 0 aromatic heterocycles. The van der Waals surface area contributed by atoms with E-state index in [-0.39, 0.29) is 11.4 Å². The molecular weight excluding hydrogens is 212 g/mol. The molecule has 3 heteroatoms. The van der Waals surface area contributed by atoms with Crippen LogP contribution in [-0.4, -0.2) is 29.9 Å². The summed E-state index contributed by atoms with van der Waals surface area (Å²) in [6, 6.07) is 7.75. The van der Waals surface area contributed by atoms with Crippen molar-refractivity contribution in [1.29, 1.82) is 0 Å². The van der Waals surface area contributed by atoms with Crippen molar-refractivity contribution < 1.29 is 4.79 Å². The van der Waals surface area contributed by atoms with Crippen LogP contribution in [0.4, 0.5) is 0 Å². The summed E-state index contributed by atoms with van der Waals surface area (Å²) in [5, 5.41) is 0. The van der Waals surface area contributed by atoms with Crippen molar-refractivity contribution in [2.45, 2.75) is 32.7 Å². The standard InChI is InChI=1S/C14H22N2O/c1-5-11-6-8-12(9-7-11)13(17)16(4)14(2,3)10-15/h6-9H,5,10,15H2,1-4H3. The molecule has 94 valence electrons. The molecule has 1 amide bonds. The van der Waals surface area contributed by atoms with Crippen LogP contribution in [-0.2, 0) is 6.42 Å². The van der Waals surface area contributed by atoms with E-state index in [1.807, 2.05) is 38.1 Å². The quantitative estimate of drug-likeness (QED) is 0.866. The van der Waals surface area contributed by atoms with Crippen molar-refractivity contribution in [3.05, 3.63) is 35.4 Å². The lowest BCUT2D eigenvalue weighted by molar-refractivity contribution is 0.0640. The summed E-state index contributed by atoms with van der Waals surface area (Å²) in [6.07, 6.45) is 0.985. The molecule has 0 fully saturated rings. The summed E-state index contributed by atoms with van der Waals surface area (Å²) >= 11 is 0. The van der Waals surface area contributed by atoms with E-state index in [1.54, 1.807) is 11.9 Å². The number of benzene rings is 1. The van der Waals surface area contributed by atoms with E-state index < -0.39 is 0 Å². The minimum absolute atomic E-state index is 0.0168. The van der Waals surface area contributed by atoms with Crippen LogP contribution >= 0.6 is 0 Å². The largest absolute Gasteiger partial charge is 0.335 e. The fraction of sp³-hybridized carbons (Fsp3) is 0.500. The maximum Gasteiger partial charge on any atom is 0.254 e. The first-order valence-electron chi connectivity index (χ1n) is 5.99. The normalized spacial score (nSPS) is 11.4. The van der Waals surface area contributed by atoms with Gasteiger partial charge in [0.1, 0.15) is 0 Å². The van der Waals surface area contributed by atoms with Crippen molar-refractivity contribution in [3.8, 4) is 0 Å². The van der Waals surface area contributed by atoms with Gasteiger partial charge in [0.15, 0.2) is 0 Å². The number of hydrogen-bond donors (Lipinski definition) is 1. The number of nitrogens with two attached hydrogens (primary N) is 1. The van der Waals surface area contributed by atoms with E-state index in [9.17, 15) is 4.79 Å². The van der Waals surface area contributed by atoms with Gasteiger partial charge < -0.3 is 10.6 Å². The fourth-order valence-electron chi connectivity index (χ4n) is 1.49. The molecule has 0 atom stereocenters. The second-order valence-corrected chi connectivity index (χ2v) is 4.93. The Kier molecular flexibility index (Phi) is 4.29. The van der Waals surface area contributed by atoms with Crippen LogP contribution in [0, 0.1) is 0 Å². The molecular formula is C14H22N2O. The van der Waals surface area contributed by atoms with Crippen molar-refractivity contribution >= 4 is 5.91 Å². The van der Waals surface area contributed by atoms with Gasteiger partial charge in [-0.2, -0.15) is 0 Å². The third-order valence-corrected chi connectivity index (χ3v) is 3.32. The van der Waals surface area contributed by atoms with Gasteiger partial charge in [-0.15, -0.1) is 0 Å². The first-order chi connectivity index (χ1) is 7.92. The van der Waals surface area contributed by atoms with E-state index in [0.29, 0.717) is 12.1 Å². The third kappa shape index (κ3) is 3.07. The number of rotatable bonds is 4. The number of amides is 1. The van der Waals surface area contributed by atoms with Gasteiger partial charge in [-0.25, -0.2) is 0 Å². The topological polar surface area (TPSA) is 46.3 Å². The summed E-state index contributed by atoms with van der Waals surface area (Å²) in [4.78, 5) is 13.9. The number of carbonyl (C=O) groups excluding carboxylic acids is 1. The van der Waals surface area contributed by atoms with E-state index in [1.165, 1.54) is 5.56 Å². The Bertz CT molecular complexity index is 382. The maximum absolute atomic E-state index is 12.2. The lowest BCUT2D eigenvalue weighted by Crippen LogP contribution is -2.50. The second-order valence-electron chi connectivity index (χ2n) is 4.93. The lowest BCUT2D eigenvalue weighted by Gasteiger charge is -2.34.